The summed E-state index contributed by atoms with van der Waals surface area (Å²) in [7, 11) is 0. The Labute approximate surface area is 172 Å². The molecule has 1 aliphatic rings. The van der Waals surface area contributed by atoms with Gasteiger partial charge in [-0.2, -0.15) is 0 Å². The van der Waals surface area contributed by atoms with Crippen LogP contribution in [-0.4, -0.2) is 27.4 Å². The van der Waals surface area contributed by atoms with Crippen LogP contribution in [0.25, 0.3) is 10.4 Å². The summed E-state index contributed by atoms with van der Waals surface area (Å²) >= 11 is 1.58. The van der Waals surface area contributed by atoms with Crippen LogP contribution in [0.3, 0.4) is 0 Å². The number of aromatic nitrogens is 1. The van der Waals surface area contributed by atoms with Crippen molar-refractivity contribution in [1.82, 2.24) is 9.88 Å². The van der Waals surface area contributed by atoms with E-state index in [0.717, 1.165) is 33.9 Å². The highest BCUT2D eigenvalue weighted by atomic mass is 32.1. The molecule has 1 aliphatic heterocycles. The van der Waals surface area contributed by atoms with E-state index in [1.54, 1.807) is 35.3 Å². The van der Waals surface area contributed by atoms with Crippen molar-refractivity contribution < 1.29 is 9.72 Å². The third-order valence-corrected chi connectivity index (χ3v) is 6.12. The second-order valence-electron chi connectivity index (χ2n) is 6.99. The predicted octanol–water partition coefficient (Wildman–Crippen LogP) is 5.40. The van der Waals surface area contributed by atoms with Crippen molar-refractivity contribution in [2.45, 2.75) is 25.8 Å². The molecule has 2 aromatic carbocycles. The lowest BCUT2D eigenvalue weighted by Crippen LogP contribution is -2.34. The number of rotatable bonds is 4. The molecule has 4 rings (SSSR count). The van der Waals surface area contributed by atoms with E-state index in [1.165, 1.54) is 6.07 Å². The first kappa shape index (κ1) is 19.1. The molecule has 148 valence electrons. The highest BCUT2D eigenvalue weighted by Gasteiger charge is 2.33. The van der Waals surface area contributed by atoms with E-state index in [-0.39, 0.29) is 23.4 Å². The fraction of sp³-hybridized carbons (Fsp3) is 0.238. The molecule has 0 radical (unpaired) electrons. The quantitative estimate of drug-likeness (QED) is 0.463. The minimum atomic E-state index is -0.475. The molecule has 1 atom stereocenters. The molecule has 0 aliphatic carbocycles. The van der Waals surface area contributed by atoms with E-state index in [4.69, 9.17) is 0 Å². The van der Waals surface area contributed by atoms with E-state index in [0.29, 0.717) is 6.54 Å². The predicted molar refractivity (Wildman–Crippen MR) is 113 cm³/mol. The number of thiazole rings is 1. The SMILES string of the molecule is Cc1ccc(NC(=O)N2CCCC2c2ncc(-c3ccccc3)s2)c([N+](=O)[O-])c1. The van der Waals surface area contributed by atoms with E-state index in [9.17, 15) is 14.9 Å². The van der Waals surface area contributed by atoms with Crippen molar-refractivity contribution in [3.63, 3.8) is 0 Å². The zero-order valence-corrected chi connectivity index (χ0v) is 16.7. The number of urea groups is 1. The normalized spacial score (nSPS) is 16.0. The van der Waals surface area contributed by atoms with Crippen molar-refractivity contribution in [3.05, 3.63) is 75.4 Å². The van der Waals surface area contributed by atoms with Crippen LogP contribution >= 0.6 is 11.3 Å². The highest BCUT2D eigenvalue weighted by Crippen LogP contribution is 2.37. The zero-order valence-electron chi connectivity index (χ0n) is 15.9. The Bertz CT molecular complexity index is 1050. The molecule has 1 unspecified atom stereocenters. The summed E-state index contributed by atoms with van der Waals surface area (Å²) in [5.74, 6) is 0. The van der Waals surface area contributed by atoms with Gasteiger partial charge in [0.25, 0.3) is 5.69 Å². The molecule has 1 fully saturated rings. The summed E-state index contributed by atoms with van der Waals surface area (Å²) in [6, 6.07) is 14.3. The van der Waals surface area contributed by atoms with Gasteiger partial charge in [0.15, 0.2) is 0 Å². The van der Waals surface area contributed by atoms with Crippen molar-refractivity contribution >= 4 is 28.7 Å². The molecule has 1 N–H and O–H groups in total. The first-order chi connectivity index (χ1) is 14.0. The van der Waals surface area contributed by atoms with Crippen LogP contribution in [0.2, 0.25) is 0 Å². The number of nitro groups is 1. The smallest absolute Gasteiger partial charge is 0.315 e. The van der Waals surface area contributed by atoms with E-state index < -0.39 is 4.92 Å². The maximum Gasteiger partial charge on any atom is 0.322 e. The first-order valence-electron chi connectivity index (χ1n) is 9.37. The molecule has 1 saturated heterocycles. The number of amides is 2. The summed E-state index contributed by atoms with van der Waals surface area (Å²) in [5.41, 5.74) is 1.97. The molecule has 2 amide bonds. The van der Waals surface area contributed by atoms with Crippen LogP contribution in [0.15, 0.2) is 54.7 Å². The monoisotopic (exact) mass is 408 g/mol. The van der Waals surface area contributed by atoms with Gasteiger partial charge >= 0.3 is 6.03 Å². The number of carbonyl (C=O) groups is 1. The third kappa shape index (κ3) is 3.97. The lowest BCUT2D eigenvalue weighted by Gasteiger charge is -2.23. The lowest BCUT2D eigenvalue weighted by molar-refractivity contribution is -0.384. The molecular weight excluding hydrogens is 388 g/mol. The lowest BCUT2D eigenvalue weighted by atomic mass is 10.2. The summed E-state index contributed by atoms with van der Waals surface area (Å²) in [6.45, 7) is 2.37. The maximum absolute atomic E-state index is 12.9. The number of nitro benzene ring substituents is 1. The van der Waals surface area contributed by atoms with Crippen molar-refractivity contribution in [2.75, 3.05) is 11.9 Å². The van der Waals surface area contributed by atoms with Gasteiger partial charge in [0, 0.05) is 18.8 Å². The number of nitrogens with one attached hydrogen (secondary N) is 1. The average molecular weight is 408 g/mol. The Morgan fingerprint density at radius 2 is 2.07 bits per heavy atom. The molecule has 0 spiro atoms. The van der Waals surface area contributed by atoms with Crippen molar-refractivity contribution in [2.24, 2.45) is 0 Å². The van der Waals surface area contributed by atoms with Crippen LogP contribution in [-0.2, 0) is 0 Å². The van der Waals surface area contributed by atoms with Gasteiger partial charge in [-0.3, -0.25) is 10.1 Å². The number of hydrogen-bond acceptors (Lipinski definition) is 5. The fourth-order valence-corrected chi connectivity index (χ4v) is 4.60. The Kier molecular flexibility index (Phi) is 5.26. The number of aryl methyl sites for hydroxylation is 1. The molecular formula is C21H20N4O3S. The molecule has 0 saturated carbocycles. The van der Waals surface area contributed by atoms with Crippen molar-refractivity contribution in [3.8, 4) is 10.4 Å². The Morgan fingerprint density at radius 3 is 2.83 bits per heavy atom. The number of nitrogens with zero attached hydrogens (tertiary/aromatic N) is 3. The molecule has 0 bridgehead atoms. The summed E-state index contributed by atoms with van der Waals surface area (Å²) in [5, 5.41) is 14.9. The molecule has 3 aromatic rings. The van der Waals surface area contributed by atoms with Gasteiger partial charge in [-0.05, 0) is 37.0 Å². The molecule has 7 nitrogen and oxygen atoms in total. The molecule has 2 heterocycles. The number of benzene rings is 2. The first-order valence-corrected chi connectivity index (χ1v) is 10.2. The largest absolute Gasteiger partial charge is 0.322 e. The van der Waals surface area contributed by atoms with Crippen LogP contribution < -0.4 is 5.32 Å². The topological polar surface area (TPSA) is 88.4 Å². The van der Waals surface area contributed by atoms with E-state index in [2.05, 4.69) is 10.3 Å². The number of likely N-dealkylation sites (tertiary alicyclic amines) is 1. The van der Waals surface area contributed by atoms with Crippen LogP contribution in [0.5, 0.6) is 0 Å². The van der Waals surface area contributed by atoms with Crippen molar-refractivity contribution in [1.29, 1.82) is 0 Å². The van der Waals surface area contributed by atoms with Crippen LogP contribution in [0.4, 0.5) is 16.2 Å². The molecule has 8 heteroatoms. The summed E-state index contributed by atoms with van der Waals surface area (Å²) in [6.07, 6.45) is 3.54. The minimum absolute atomic E-state index is 0.102. The van der Waals surface area contributed by atoms with Gasteiger partial charge in [-0.1, -0.05) is 36.4 Å². The van der Waals surface area contributed by atoms with E-state index in [1.807, 2.05) is 36.5 Å². The highest BCUT2D eigenvalue weighted by molar-refractivity contribution is 7.15. The third-order valence-electron chi connectivity index (χ3n) is 4.97. The maximum atomic E-state index is 12.9. The minimum Gasteiger partial charge on any atom is -0.315 e. The fourth-order valence-electron chi connectivity index (χ4n) is 3.53. The molecule has 1 aromatic heterocycles. The Balaban J connectivity index is 1.54. The van der Waals surface area contributed by atoms with Gasteiger partial charge < -0.3 is 10.2 Å². The number of carbonyl (C=O) groups excluding carboxylic acids is 1. The standard InChI is InChI=1S/C21H20N4O3S/c1-14-9-10-16(18(12-14)25(27)28)23-21(26)24-11-5-8-17(24)20-22-13-19(29-20)15-6-3-2-4-7-15/h2-4,6-7,9-10,12-13,17H,5,8,11H2,1H3,(H,23,26). The second kappa shape index (κ2) is 8.00. The van der Waals surface area contributed by atoms with Gasteiger partial charge in [0.05, 0.1) is 15.8 Å². The number of hydrogen-bond donors (Lipinski definition) is 1. The van der Waals surface area contributed by atoms with Gasteiger partial charge in [-0.25, -0.2) is 9.78 Å². The van der Waals surface area contributed by atoms with Gasteiger partial charge in [-0.15, -0.1) is 11.3 Å². The van der Waals surface area contributed by atoms with Gasteiger partial charge in [0.1, 0.15) is 10.7 Å². The molecule has 29 heavy (non-hydrogen) atoms. The van der Waals surface area contributed by atoms with Gasteiger partial charge in [0.2, 0.25) is 0 Å². The summed E-state index contributed by atoms with van der Waals surface area (Å²) in [4.78, 5) is 31.1. The summed E-state index contributed by atoms with van der Waals surface area (Å²) < 4.78 is 0. The van der Waals surface area contributed by atoms with E-state index >= 15 is 0 Å². The van der Waals surface area contributed by atoms with Crippen LogP contribution in [0, 0.1) is 17.0 Å². The Hall–Kier alpha value is -3.26. The zero-order chi connectivity index (χ0) is 20.4. The Morgan fingerprint density at radius 1 is 1.28 bits per heavy atom. The second-order valence-corrected chi connectivity index (χ2v) is 8.05. The van der Waals surface area contributed by atoms with Crippen LogP contribution in [0.1, 0.15) is 29.5 Å². The number of anilines is 1. The average Bonchev–Trinajstić information content (AvgIpc) is 3.39.